The van der Waals surface area contributed by atoms with Crippen LogP contribution in [-0.4, -0.2) is 31.2 Å². The van der Waals surface area contributed by atoms with Crippen molar-refractivity contribution in [2.45, 2.75) is 6.18 Å². The largest absolute Gasteiger partial charge is 0.482 e. The summed E-state index contributed by atoms with van der Waals surface area (Å²) in [4.78, 5) is 23.6. The summed E-state index contributed by atoms with van der Waals surface area (Å²) in [5, 5.41) is 5.10. The van der Waals surface area contributed by atoms with Crippen LogP contribution in [-0.2, 0) is 4.79 Å². The molecule has 6 nitrogen and oxygen atoms in total. The number of fused-ring (bicyclic) bond motifs is 1. The summed E-state index contributed by atoms with van der Waals surface area (Å²) in [7, 11) is 0. The zero-order valence-corrected chi connectivity index (χ0v) is 13.2. The van der Waals surface area contributed by atoms with E-state index in [1.54, 1.807) is 6.07 Å². The summed E-state index contributed by atoms with van der Waals surface area (Å²) in [6, 6.07) is 10.2. The second kappa shape index (κ2) is 6.95. The van der Waals surface area contributed by atoms with Crippen LogP contribution < -0.4 is 20.1 Å². The molecule has 0 saturated heterocycles. The smallest absolute Gasteiger partial charge is 0.422 e. The van der Waals surface area contributed by atoms with Gasteiger partial charge in [-0.2, -0.15) is 13.2 Å². The molecule has 0 aromatic heterocycles. The number of hydrogen-bond acceptors (Lipinski definition) is 4. The van der Waals surface area contributed by atoms with Crippen LogP contribution in [0.4, 0.5) is 24.5 Å². The van der Waals surface area contributed by atoms with Crippen molar-refractivity contribution in [2.24, 2.45) is 0 Å². The van der Waals surface area contributed by atoms with Crippen molar-refractivity contribution < 1.29 is 32.2 Å². The molecule has 0 radical (unpaired) electrons. The van der Waals surface area contributed by atoms with Crippen molar-refractivity contribution in [1.82, 2.24) is 0 Å². The summed E-state index contributed by atoms with van der Waals surface area (Å²) in [6.45, 7) is -1.63. The number of nitrogens with one attached hydrogen (secondary N) is 2. The molecule has 1 aliphatic heterocycles. The minimum Gasteiger partial charge on any atom is -0.482 e. The maximum absolute atomic E-state index is 12.4. The van der Waals surface area contributed by atoms with Gasteiger partial charge < -0.3 is 20.1 Å². The fraction of sp³-hybridized carbons (Fsp3) is 0.176. The maximum Gasteiger partial charge on any atom is 0.422 e. The molecule has 0 unspecified atom stereocenters. The van der Waals surface area contributed by atoms with E-state index < -0.39 is 18.7 Å². The molecule has 0 bridgehead atoms. The van der Waals surface area contributed by atoms with Crippen LogP contribution >= 0.6 is 0 Å². The molecule has 2 aromatic carbocycles. The standard InChI is InChI=1S/C17H13F3N2O4/c18-17(19,20)9-26-13-4-2-1-3-11(13)22-16(24)10-5-6-12-14(7-10)25-8-15(23)21-12/h1-7H,8-9H2,(H,21,23)(H,22,24). The first kappa shape index (κ1) is 17.6. The summed E-state index contributed by atoms with van der Waals surface area (Å²) in [5.74, 6) is -0.625. The third-order valence-corrected chi connectivity index (χ3v) is 3.40. The van der Waals surface area contributed by atoms with E-state index in [0.29, 0.717) is 11.4 Å². The van der Waals surface area contributed by atoms with E-state index in [9.17, 15) is 22.8 Å². The van der Waals surface area contributed by atoms with Crippen LogP contribution in [0.25, 0.3) is 0 Å². The molecular formula is C17H13F3N2O4. The molecule has 136 valence electrons. The highest BCUT2D eigenvalue weighted by molar-refractivity contribution is 6.06. The highest BCUT2D eigenvalue weighted by atomic mass is 19.4. The van der Waals surface area contributed by atoms with Crippen LogP contribution in [0.5, 0.6) is 11.5 Å². The first-order valence-electron chi connectivity index (χ1n) is 7.48. The van der Waals surface area contributed by atoms with Crippen molar-refractivity contribution >= 4 is 23.2 Å². The maximum atomic E-state index is 12.4. The van der Waals surface area contributed by atoms with Gasteiger partial charge in [0.1, 0.15) is 11.5 Å². The monoisotopic (exact) mass is 366 g/mol. The third kappa shape index (κ3) is 4.24. The number of amides is 2. The molecule has 1 aliphatic rings. The number of anilines is 2. The fourth-order valence-electron chi connectivity index (χ4n) is 2.27. The Bertz CT molecular complexity index is 852. The molecule has 1 heterocycles. The normalized spacial score (nSPS) is 13.3. The van der Waals surface area contributed by atoms with Gasteiger partial charge in [0.15, 0.2) is 13.2 Å². The Labute approximate surface area is 145 Å². The first-order chi connectivity index (χ1) is 12.3. The van der Waals surface area contributed by atoms with Gasteiger partial charge in [-0.1, -0.05) is 12.1 Å². The quantitative estimate of drug-likeness (QED) is 0.871. The van der Waals surface area contributed by atoms with Crippen molar-refractivity contribution in [3.8, 4) is 11.5 Å². The predicted molar refractivity (Wildman–Crippen MR) is 86.5 cm³/mol. The average Bonchev–Trinajstić information content (AvgIpc) is 2.59. The van der Waals surface area contributed by atoms with Crippen LogP contribution in [0, 0.1) is 0 Å². The van der Waals surface area contributed by atoms with Gasteiger partial charge in [0, 0.05) is 5.56 Å². The van der Waals surface area contributed by atoms with Gasteiger partial charge in [0.25, 0.3) is 11.8 Å². The molecule has 0 fully saturated rings. The highest BCUT2D eigenvalue weighted by Gasteiger charge is 2.29. The predicted octanol–water partition coefficient (Wildman–Crippen LogP) is 3.21. The summed E-state index contributed by atoms with van der Waals surface area (Å²) in [6.07, 6.45) is -4.49. The average molecular weight is 366 g/mol. The van der Waals surface area contributed by atoms with Crippen molar-refractivity contribution in [1.29, 1.82) is 0 Å². The van der Waals surface area contributed by atoms with E-state index in [2.05, 4.69) is 10.6 Å². The van der Waals surface area contributed by atoms with Crippen LogP contribution in [0.3, 0.4) is 0 Å². The number of hydrogen-bond donors (Lipinski definition) is 2. The second-order valence-electron chi connectivity index (χ2n) is 5.40. The molecule has 2 aromatic rings. The number of carbonyl (C=O) groups excluding carboxylic acids is 2. The van der Waals surface area contributed by atoms with E-state index in [-0.39, 0.29) is 29.5 Å². The SMILES string of the molecule is O=C1COc2cc(C(=O)Nc3ccccc3OCC(F)(F)F)ccc2N1. The summed E-state index contributed by atoms with van der Waals surface area (Å²) < 4.78 is 47.0. The minimum atomic E-state index is -4.49. The fourth-order valence-corrected chi connectivity index (χ4v) is 2.27. The number of benzene rings is 2. The van der Waals surface area contributed by atoms with Crippen molar-refractivity contribution in [2.75, 3.05) is 23.8 Å². The molecule has 0 aliphatic carbocycles. The van der Waals surface area contributed by atoms with E-state index in [1.165, 1.54) is 36.4 Å². The molecule has 0 saturated carbocycles. The highest BCUT2D eigenvalue weighted by Crippen LogP contribution is 2.30. The van der Waals surface area contributed by atoms with E-state index in [0.717, 1.165) is 0 Å². The molecule has 0 atom stereocenters. The Morgan fingerprint density at radius 1 is 1.23 bits per heavy atom. The topological polar surface area (TPSA) is 76.7 Å². The van der Waals surface area contributed by atoms with Crippen molar-refractivity contribution in [3.63, 3.8) is 0 Å². The number of para-hydroxylation sites is 2. The van der Waals surface area contributed by atoms with Gasteiger partial charge in [0.05, 0.1) is 11.4 Å². The lowest BCUT2D eigenvalue weighted by molar-refractivity contribution is -0.153. The van der Waals surface area contributed by atoms with Gasteiger partial charge in [-0.05, 0) is 30.3 Å². The lowest BCUT2D eigenvalue weighted by Gasteiger charge is -2.18. The van der Waals surface area contributed by atoms with Gasteiger partial charge in [-0.25, -0.2) is 0 Å². The molecule has 26 heavy (non-hydrogen) atoms. The van der Waals surface area contributed by atoms with E-state index >= 15 is 0 Å². The van der Waals surface area contributed by atoms with E-state index in [1.807, 2.05) is 0 Å². The molecule has 3 rings (SSSR count). The minimum absolute atomic E-state index is 0.0975. The van der Waals surface area contributed by atoms with Crippen molar-refractivity contribution in [3.05, 3.63) is 48.0 Å². The Kier molecular flexibility index (Phi) is 4.70. The number of carbonyl (C=O) groups is 2. The third-order valence-electron chi connectivity index (χ3n) is 3.40. The first-order valence-corrected chi connectivity index (χ1v) is 7.48. The van der Waals surface area contributed by atoms with Gasteiger partial charge in [-0.3, -0.25) is 9.59 Å². The van der Waals surface area contributed by atoms with Gasteiger partial charge in [0.2, 0.25) is 0 Å². The summed E-state index contributed by atoms with van der Waals surface area (Å²) >= 11 is 0. The van der Waals surface area contributed by atoms with E-state index in [4.69, 9.17) is 9.47 Å². The Morgan fingerprint density at radius 3 is 2.77 bits per heavy atom. The molecule has 2 amide bonds. The van der Waals surface area contributed by atoms with Crippen LogP contribution in [0.15, 0.2) is 42.5 Å². The second-order valence-corrected chi connectivity index (χ2v) is 5.40. The van der Waals surface area contributed by atoms with Gasteiger partial charge in [-0.15, -0.1) is 0 Å². The number of rotatable bonds is 4. The number of alkyl halides is 3. The molecule has 0 spiro atoms. The molecule has 2 N–H and O–H groups in total. The number of ether oxygens (including phenoxy) is 2. The Balaban J connectivity index is 1.75. The summed E-state index contributed by atoms with van der Waals surface area (Å²) in [5.41, 5.74) is 0.755. The van der Waals surface area contributed by atoms with Crippen LogP contribution in [0.2, 0.25) is 0 Å². The lowest BCUT2D eigenvalue weighted by atomic mass is 10.1. The zero-order chi connectivity index (χ0) is 18.7. The molecular weight excluding hydrogens is 353 g/mol. The van der Waals surface area contributed by atoms with Crippen LogP contribution in [0.1, 0.15) is 10.4 Å². The Hall–Kier alpha value is -3.23. The lowest BCUT2D eigenvalue weighted by Crippen LogP contribution is -2.25. The Morgan fingerprint density at radius 2 is 2.00 bits per heavy atom. The molecule has 9 heteroatoms. The zero-order valence-electron chi connectivity index (χ0n) is 13.2. The number of halogens is 3. The van der Waals surface area contributed by atoms with Gasteiger partial charge >= 0.3 is 6.18 Å².